The fraction of sp³-hybridized carbons (Fsp3) is 0.769. The highest BCUT2D eigenvalue weighted by molar-refractivity contribution is 7.90. The molecule has 0 N–H and O–H groups in total. The largest absolute Gasteiger partial charge is 0.319 e. The summed E-state index contributed by atoms with van der Waals surface area (Å²) in [5, 5.41) is 0. The zero-order valence-corrected chi connectivity index (χ0v) is 13.5. The fourth-order valence-electron chi connectivity index (χ4n) is 2.57. The lowest BCUT2D eigenvalue weighted by atomic mass is 10.3. The predicted octanol–water partition coefficient (Wildman–Crippen LogP) is 0.830. The Hall–Kier alpha value is -1.06. The summed E-state index contributed by atoms with van der Waals surface area (Å²) in [4.78, 5) is 8.29. The number of piperazine rings is 1. The van der Waals surface area contributed by atoms with E-state index in [0.717, 1.165) is 37.3 Å². The maximum atomic E-state index is 12.8. The Labute approximate surface area is 129 Å². The second-order valence-electron chi connectivity index (χ2n) is 5.63. The zero-order valence-electron chi connectivity index (χ0n) is 12.7. The Bertz CT molecular complexity index is 568. The summed E-state index contributed by atoms with van der Waals surface area (Å²) in [5.41, 5.74) is 0. The molecule has 2 heterocycles. The van der Waals surface area contributed by atoms with Gasteiger partial charge < -0.3 is 4.90 Å². The van der Waals surface area contributed by atoms with Gasteiger partial charge in [0.05, 0.1) is 12.3 Å². The van der Waals surface area contributed by atoms with Crippen molar-refractivity contribution in [3.8, 4) is 0 Å². The van der Waals surface area contributed by atoms with Crippen molar-refractivity contribution in [3.05, 3.63) is 18.2 Å². The summed E-state index contributed by atoms with van der Waals surface area (Å²) in [6.07, 6.45) is 4.56. The minimum atomic E-state index is -2.90. The molecule has 0 aliphatic carbocycles. The Morgan fingerprint density at radius 3 is 2.45 bits per heavy atom. The highest BCUT2D eigenvalue weighted by Crippen LogP contribution is 2.15. The number of alkyl halides is 2. The smallest absolute Gasteiger partial charge is 0.301 e. The lowest BCUT2D eigenvalue weighted by molar-refractivity contribution is 0.0607. The van der Waals surface area contributed by atoms with Crippen LogP contribution in [0.2, 0.25) is 0 Å². The second-order valence-corrected chi connectivity index (χ2v) is 7.89. The Kier molecular flexibility index (Phi) is 5.87. The van der Waals surface area contributed by atoms with Gasteiger partial charge >= 0.3 is 6.55 Å². The topological polar surface area (TPSA) is 58.4 Å². The van der Waals surface area contributed by atoms with E-state index in [2.05, 4.69) is 14.8 Å². The van der Waals surface area contributed by atoms with Gasteiger partial charge in [0, 0.05) is 44.8 Å². The van der Waals surface area contributed by atoms with E-state index < -0.39 is 16.4 Å². The van der Waals surface area contributed by atoms with Crippen molar-refractivity contribution in [1.29, 1.82) is 0 Å². The zero-order chi connectivity index (χ0) is 16.2. The average molecular weight is 336 g/mol. The van der Waals surface area contributed by atoms with Gasteiger partial charge in [0.25, 0.3) is 0 Å². The maximum absolute atomic E-state index is 12.8. The lowest BCUT2D eigenvalue weighted by Gasteiger charge is -2.34. The molecule has 1 aliphatic rings. The van der Waals surface area contributed by atoms with Gasteiger partial charge in [0.2, 0.25) is 0 Å². The number of halogens is 2. The molecule has 126 valence electrons. The molecule has 0 saturated carbocycles. The van der Waals surface area contributed by atoms with Crippen molar-refractivity contribution in [2.24, 2.45) is 0 Å². The molecule has 1 aromatic rings. The number of imidazole rings is 1. The van der Waals surface area contributed by atoms with Crippen LogP contribution in [0.15, 0.2) is 12.4 Å². The van der Waals surface area contributed by atoms with Gasteiger partial charge in [-0.2, -0.15) is 8.78 Å². The number of nitrogens with zero attached hydrogens (tertiary/aromatic N) is 4. The molecule has 2 rings (SSSR count). The van der Waals surface area contributed by atoms with E-state index >= 15 is 0 Å². The van der Waals surface area contributed by atoms with E-state index in [9.17, 15) is 17.2 Å². The molecular formula is C13H22F2N4O2S. The van der Waals surface area contributed by atoms with Crippen LogP contribution in [0.25, 0.3) is 0 Å². The molecule has 0 atom stereocenters. The minimum absolute atomic E-state index is 0.207. The summed E-state index contributed by atoms with van der Waals surface area (Å²) >= 11 is 0. The molecule has 0 spiro atoms. The Morgan fingerprint density at radius 2 is 1.86 bits per heavy atom. The predicted molar refractivity (Wildman–Crippen MR) is 79.5 cm³/mol. The van der Waals surface area contributed by atoms with E-state index in [1.807, 2.05) is 0 Å². The molecule has 0 bridgehead atoms. The van der Waals surface area contributed by atoms with Crippen molar-refractivity contribution in [2.75, 3.05) is 44.7 Å². The van der Waals surface area contributed by atoms with Crippen LogP contribution in [0.3, 0.4) is 0 Å². The standard InChI is InChI=1S/C13H22F2N4O2S/c1-22(20,21)10-2-4-17-6-8-18(9-7-17)11-12-16-3-5-19(12)13(14)15/h3,5,13H,2,4,6-11H2,1H3. The molecule has 6 nitrogen and oxygen atoms in total. The first-order chi connectivity index (χ1) is 10.3. The third-order valence-electron chi connectivity index (χ3n) is 3.78. The van der Waals surface area contributed by atoms with Gasteiger partial charge in [-0.15, -0.1) is 0 Å². The quantitative estimate of drug-likeness (QED) is 0.738. The highest BCUT2D eigenvalue weighted by atomic mass is 32.2. The summed E-state index contributed by atoms with van der Waals surface area (Å²) in [6.45, 7) is 1.79. The first-order valence-corrected chi connectivity index (χ1v) is 9.33. The first-order valence-electron chi connectivity index (χ1n) is 7.27. The normalized spacial score (nSPS) is 18.2. The summed E-state index contributed by atoms with van der Waals surface area (Å²) in [5.74, 6) is 0.583. The molecule has 0 radical (unpaired) electrons. The molecular weight excluding hydrogens is 314 g/mol. The number of hydrogen-bond donors (Lipinski definition) is 0. The first kappa shape index (κ1) is 17.3. The molecule has 9 heteroatoms. The van der Waals surface area contributed by atoms with Gasteiger partial charge in [-0.1, -0.05) is 0 Å². The average Bonchev–Trinajstić information content (AvgIpc) is 2.88. The molecule has 1 saturated heterocycles. The van der Waals surface area contributed by atoms with E-state index in [-0.39, 0.29) is 5.75 Å². The van der Waals surface area contributed by atoms with Gasteiger partial charge in [0.15, 0.2) is 0 Å². The Morgan fingerprint density at radius 1 is 1.23 bits per heavy atom. The van der Waals surface area contributed by atoms with E-state index in [1.165, 1.54) is 18.6 Å². The molecule has 1 aliphatic heterocycles. The number of rotatable bonds is 7. The summed E-state index contributed by atoms with van der Waals surface area (Å²) < 4.78 is 48.6. The van der Waals surface area contributed by atoms with Gasteiger partial charge in [0.1, 0.15) is 15.7 Å². The van der Waals surface area contributed by atoms with Crippen LogP contribution in [0.4, 0.5) is 8.78 Å². The van der Waals surface area contributed by atoms with Crippen LogP contribution in [0.5, 0.6) is 0 Å². The number of hydrogen-bond acceptors (Lipinski definition) is 5. The molecule has 1 fully saturated rings. The lowest BCUT2D eigenvalue weighted by Crippen LogP contribution is -2.46. The third kappa shape index (κ3) is 5.29. The molecule has 0 aromatic carbocycles. The minimum Gasteiger partial charge on any atom is -0.301 e. The maximum Gasteiger partial charge on any atom is 0.319 e. The molecule has 1 aromatic heterocycles. The highest BCUT2D eigenvalue weighted by Gasteiger charge is 2.20. The van der Waals surface area contributed by atoms with Crippen molar-refractivity contribution in [2.45, 2.75) is 19.5 Å². The summed E-state index contributed by atoms with van der Waals surface area (Å²) in [6, 6.07) is 0. The van der Waals surface area contributed by atoms with Crippen LogP contribution >= 0.6 is 0 Å². The molecule has 22 heavy (non-hydrogen) atoms. The van der Waals surface area contributed by atoms with Gasteiger partial charge in [-0.05, 0) is 13.0 Å². The summed E-state index contributed by atoms with van der Waals surface area (Å²) in [7, 11) is -2.90. The van der Waals surface area contributed by atoms with Crippen LogP contribution < -0.4 is 0 Å². The monoisotopic (exact) mass is 336 g/mol. The van der Waals surface area contributed by atoms with Crippen LogP contribution in [0, 0.1) is 0 Å². The van der Waals surface area contributed by atoms with Crippen molar-refractivity contribution in [1.82, 2.24) is 19.4 Å². The fourth-order valence-corrected chi connectivity index (χ4v) is 3.22. The Balaban J connectivity index is 1.74. The molecule has 0 unspecified atom stereocenters. The van der Waals surface area contributed by atoms with Gasteiger partial charge in [-0.25, -0.2) is 13.4 Å². The number of aromatic nitrogens is 2. The van der Waals surface area contributed by atoms with Crippen LogP contribution in [0.1, 0.15) is 18.8 Å². The van der Waals surface area contributed by atoms with Crippen LogP contribution in [-0.4, -0.2) is 72.5 Å². The van der Waals surface area contributed by atoms with E-state index in [1.54, 1.807) is 0 Å². The third-order valence-corrected chi connectivity index (χ3v) is 4.81. The SMILES string of the molecule is CS(=O)(=O)CCCN1CCN(Cc2nccn2C(F)F)CC1. The van der Waals surface area contributed by atoms with E-state index in [0.29, 0.717) is 18.8 Å². The van der Waals surface area contributed by atoms with Crippen molar-refractivity contribution in [3.63, 3.8) is 0 Å². The van der Waals surface area contributed by atoms with Crippen LogP contribution in [-0.2, 0) is 16.4 Å². The second kappa shape index (κ2) is 7.47. The molecule has 0 amide bonds. The van der Waals surface area contributed by atoms with Crippen molar-refractivity contribution >= 4 is 9.84 Å². The van der Waals surface area contributed by atoms with Gasteiger partial charge in [-0.3, -0.25) is 9.47 Å². The van der Waals surface area contributed by atoms with E-state index in [4.69, 9.17) is 0 Å². The van der Waals surface area contributed by atoms with Crippen molar-refractivity contribution < 1.29 is 17.2 Å². The number of sulfone groups is 1.